The van der Waals surface area contributed by atoms with Gasteiger partial charge in [0.15, 0.2) is 0 Å². The number of nitrogens with one attached hydrogen (secondary N) is 3. The third-order valence-corrected chi connectivity index (χ3v) is 3.93. The van der Waals surface area contributed by atoms with Gasteiger partial charge in [0.2, 0.25) is 0 Å². The molecule has 0 saturated heterocycles. The normalized spacial score (nSPS) is 13.3. The Hall–Kier alpha value is -3.09. The highest BCUT2D eigenvalue weighted by Gasteiger charge is 2.19. The summed E-state index contributed by atoms with van der Waals surface area (Å²) in [5, 5.41) is 0.331. The first-order chi connectivity index (χ1) is 12.2. The Balaban J connectivity index is 2.12. The van der Waals surface area contributed by atoms with Gasteiger partial charge in [0, 0.05) is 11.1 Å². The summed E-state index contributed by atoms with van der Waals surface area (Å²) in [4.78, 5) is 37.3. The minimum absolute atomic E-state index is 0.155. The zero-order chi connectivity index (χ0) is 18.9. The van der Waals surface area contributed by atoms with E-state index in [1.165, 1.54) is 0 Å². The van der Waals surface area contributed by atoms with Gasteiger partial charge in [-0.1, -0.05) is 50.5 Å². The molecule has 6 nitrogen and oxygen atoms in total. The molecule has 7 heteroatoms. The molecule has 0 fully saturated rings. The highest BCUT2D eigenvalue weighted by atomic mass is 16.1. The molecule has 3 N–H and O–H groups in total. The van der Waals surface area contributed by atoms with Gasteiger partial charge in [-0.3, -0.25) is 9.59 Å². The van der Waals surface area contributed by atoms with Crippen LogP contribution in [0.25, 0.3) is 12.2 Å². The molecule has 2 heterocycles. The summed E-state index contributed by atoms with van der Waals surface area (Å²) >= 11 is 0. The van der Waals surface area contributed by atoms with Crippen molar-refractivity contribution >= 4 is 25.5 Å². The van der Waals surface area contributed by atoms with E-state index in [0.717, 1.165) is 11.3 Å². The van der Waals surface area contributed by atoms with Crippen molar-refractivity contribution in [2.45, 2.75) is 26.2 Å². The fourth-order valence-corrected chi connectivity index (χ4v) is 2.61. The van der Waals surface area contributed by atoms with Crippen LogP contribution in [0, 0.1) is 0 Å². The number of nitrogens with zero attached hydrogens (tertiary/aromatic N) is 1. The molecule has 0 aliphatic rings. The third kappa shape index (κ3) is 3.77. The lowest BCUT2D eigenvalue weighted by molar-refractivity contribution is 0.571. The highest BCUT2D eigenvalue weighted by Crippen LogP contribution is 2.22. The molecule has 2 radical (unpaired) electrons. The summed E-state index contributed by atoms with van der Waals surface area (Å²) in [6.07, 6.45) is 4.74. The predicted octanol–water partition coefficient (Wildman–Crippen LogP) is -0.465. The van der Waals surface area contributed by atoms with Gasteiger partial charge in [0.05, 0.1) is 12.0 Å². The summed E-state index contributed by atoms with van der Waals surface area (Å²) in [6, 6.07) is 7.00. The third-order valence-electron chi connectivity index (χ3n) is 3.93. The maximum absolute atomic E-state index is 12.4. The van der Waals surface area contributed by atoms with Crippen LogP contribution in [-0.4, -0.2) is 27.8 Å². The standard InChI is InChI=1S/C19H19BN4O2/c1-19(2,3)16-13(21-10-22-16)9-15-18(26)23-14(17(25)24-15)8-11-4-6-12(20)7-5-11/h4-10H,1-3H3,(H,21,22)(H,23,26)(H,24,25)/b14-8-,15-9-. The van der Waals surface area contributed by atoms with Crippen molar-refractivity contribution in [3.05, 3.63) is 78.9 Å². The first-order valence-electron chi connectivity index (χ1n) is 8.19. The lowest BCUT2D eigenvalue weighted by Crippen LogP contribution is -2.46. The average molecular weight is 346 g/mol. The van der Waals surface area contributed by atoms with Crippen LogP contribution in [0.1, 0.15) is 37.7 Å². The Morgan fingerprint density at radius 3 is 2.12 bits per heavy atom. The van der Waals surface area contributed by atoms with Gasteiger partial charge in [-0.25, -0.2) is 4.98 Å². The molecule has 0 aliphatic heterocycles. The molecule has 3 aromatic rings. The first kappa shape index (κ1) is 17.7. The number of imidazole rings is 1. The zero-order valence-electron chi connectivity index (χ0n) is 14.9. The quantitative estimate of drug-likeness (QED) is 0.548. The van der Waals surface area contributed by atoms with Crippen LogP contribution >= 0.6 is 0 Å². The number of hydrogen-bond donors (Lipinski definition) is 3. The molecular weight excluding hydrogens is 327 g/mol. The van der Waals surface area contributed by atoms with Crippen LogP contribution in [0.5, 0.6) is 0 Å². The molecule has 0 spiro atoms. The molecule has 2 aromatic heterocycles. The second kappa shape index (κ2) is 6.67. The van der Waals surface area contributed by atoms with E-state index < -0.39 is 5.56 Å². The number of rotatable bonds is 2. The summed E-state index contributed by atoms with van der Waals surface area (Å²) < 4.78 is 0. The molecule has 1 aromatic carbocycles. The molecule has 0 saturated carbocycles. The van der Waals surface area contributed by atoms with E-state index in [4.69, 9.17) is 7.85 Å². The summed E-state index contributed by atoms with van der Waals surface area (Å²) in [6.45, 7) is 6.11. The van der Waals surface area contributed by atoms with Gasteiger partial charge in [-0.15, -0.1) is 0 Å². The summed E-state index contributed by atoms with van der Waals surface area (Å²) in [5.74, 6) is 0. The fraction of sp³-hybridized carbons (Fsp3) is 0.211. The Bertz CT molecular complexity index is 1160. The summed E-state index contributed by atoms with van der Waals surface area (Å²) in [5.41, 5.74) is 1.94. The van der Waals surface area contributed by atoms with Crippen LogP contribution < -0.4 is 27.3 Å². The number of benzene rings is 1. The number of aromatic amines is 3. The van der Waals surface area contributed by atoms with Crippen LogP contribution in [0.2, 0.25) is 0 Å². The molecule has 26 heavy (non-hydrogen) atoms. The molecular formula is C19H19BN4O2. The summed E-state index contributed by atoms with van der Waals surface area (Å²) in [7, 11) is 5.65. The minimum Gasteiger partial charge on any atom is -0.348 e. The molecule has 0 bridgehead atoms. The van der Waals surface area contributed by atoms with Gasteiger partial charge in [-0.2, -0.15) is 0 Å². The van der Waals surface area contributed by atoms with E-state index in [2.05, 4.69) is 19.9 Å². The molecule has 0 unspecified atom stereocenters. The van der Waals surface area contributed by atoms with E-state index in [1.54, 1.807) is 42.7 Å². The maximum Gasteiger partial charge on any atom is 0.272 e. The van der Waals surface area contributed by atoms with E-state index >= 15 is 0 Å². The lowest BCUT2D eigenvalue weighted by atomic mass is 9.90. The van der Waals surface area contributed by atoms with Crippen molar-refractivity contribution in [3.8, 4) is 0 Å². The SMILES string of the molecule is [B]c1ccc(/C=c2\[nH]c(=O)/c(=C/c3nc[nH]c3C(C)(C)C)[nH]c2=O)cc1. The van der Waals surface area contributed by atoms with E-state index in [-0.39, 0.29) is 21.7 Å². The largest absolute Gasteiger partial charge is 0.348 e. The van der Waals surface area contributed by atoms with Crippen LogP contribution in [0.3, 0.4) is 0 Å². The Kier molecular flexibility index (Phi) is 4.55. The van der Waals surface area contributed by atoms with Crippen molar-refractivity contribution in [3.63, 3.8) is 0 Å². The average Bonchev–Trinajstić information content (AvgIpc) is 3.03. The Labute approximate surface area is 151 Å². The van der Waals surface area contributed by atoms with Gasteiger partial charge in [0.25, 0.3) is 11.1 Å². The van der Waals surface area contributed by atoms with Gasteiger partial charge in [-0.05, 0) is 17.7 Å². The molecule has 130 valence electrons. The highest BCUT2D eigenvalue weighted by molar-refractivity contribution is 6.32. The van der Waals surface area contributed by atoms with E-state index in [1.807, 2.05) is 20.8 Å². The Morgan fingerprint density at radius 2 is 1.54 bits per heavy atom. The second-order valence-corrected chi connectivity index (χ2v) is 7.10. The van der Waals surface area contributed by atoms with Crippen molar-refractivity contribution < 1.29 is 0 Å². The zero-order valence-corrected chi connectivity index (χ0v) is 14.9. The van der Waals surface area contributed by atoms with Gasteiger partial charge >= 0.3 is 0 Å². The maximum atomic E-state index is 12.4. The first-order valence-corrected chi connectivity index (χ1v) is 8.19. The van der Waals surface area contributed by atoms with E-state index in [9.17, 15) is 9.59 Å². The predicted molar refractivity (Wildman–Crippen MR) is 103 cm³/mol. The fourth-order valence-electron chi connectivity index (χ4n) is 2.61. The van der Waals surface area contributed by atoms with Gasteiger partial charge in [0.1, 0.15) is 18.5 Å². The monoisotopic (exact) mass is 346 g/mol. The van der Waals surface area contributed by atoms with Gasteiger partial charge < -0.3 is 15.0 Å². The van der Waals surface area contributed by atoms with Crippen molar-refractivity contribution in [2.24, 2.45) is 0 Å². The van der Waals surface area contributed by atoms with Crippen LogP contribution in [0.15, 0.2) is 40.2 Å². The molecule has 0 amide bonds. The number of H-pyrrole nitrogens is 3. The number of aromatic nitrogens is 4. The Morgan fingerprint density at radius 1 is 0.962 bits per heavy atom. The number of hydrogen-bond acceptors (Lipinski definition) is 3. The van der Waals surface area contributed by atoms with Crippen molar-refractivity contribution in [1.82, 2.24) is 19.9 Å². The lowest BCUT2D eigenvalue weighted by Gasteiger charge is -2.16. The smallest absolute Gasteiger partial charge is 0.272 e. The van der Waals surface area contributed by atoms with Crippen molar-refractivity contribution in [2.75, 3.05) is 0 Å². The van der Waals surface area contributed by atoms with Crippen LogP contribution in [-0.2, 0) is 5.41 Å². The topological polar surface area (TPSA) is 94.4 Å². The van der Waals surface area contributed by atoms with Crippen molar-refractivity contribution in [1.29, 1.82) is 0 Å². The van der Waals surface area contributed by atoms with E-state index in [0.29, 0.717) is 11.2 Å². The minimum atomic E-state index is -0.394. The van der Waals surface area contributed by atoms with Crippen LogP contribution in [0.4, 0.5) is 0 Å². The second-order valence-electron chi connectivity index (χ2n) is 7.10. The molecule has 0 aliphatic carbocycles. The molecule has 0 atom stereocenters. The molecule has 3 rings (SSSR count).